The highest BCUT2D eigenvalue weighted by atomic mass is 16.2. The molecule has 0 saturated carbocycles. The SMILES string of the molecule is CCCn1c(C)cc(C=CC(=O)N2CCC(CC(N)=O)CC2)c1C. The maximum atomic E-state index is 12.4. The zero-order valence-electron chi connectivity index (χ0n) is 15.0. The number of amides is 2. The Balaban J connectivity index is 1.94. The molecule has 0 aromatic carbocycles. The fourth-order valence-corrected chi connectivity index (χ4v) is 3.47. The molecule has 1 aliphatic rings. The van der Waals surface area contributed by atoms with Crippen LogP contribution in [-0.2, 0) is 16.1 Å². The number of aromatic nitrogens is 1. The van der Waals surface area contributed by atoms with Gasteiger partial charge in [-0.2, -0.15) is 0 Å². The zero-order chi connectivity index (χ0) is 17.7. The smallest absolute Gasteiger partial charge is 0.246 e. The number of piperidine rings is 1. The highest BCUT2D eigenvalue weighted by Crippen LogP contribution is 2.21. The van der Waals surface area contributed by atoms with Gasteiger partial charge >= 0.3 is 0 Å². The third kappa shape index (κ3) is 4.49. The predicted molar refractivity (Wildman–Crippen MR) is 96.3 cm³/mol. The van der Waals surface area contributed by atoms with Gasteiger partial charge in [0.1, 0.15) is 0 Å². The van der Waals surface area contributed by atoms with E-state index >= 15 is 0 Å². The lowest BCUT2D eigenvalue weighted by atomic mass is 9.93. The summed E-state index contributed by atoms with van der Waals surface area (Å²) in [5, 5.41) is 0. The summed E-state index contributed by atoms with van der Waals surface area (Å²) in [4.78, 5) is 25.2. The Morgan fingerprint density at radius 2 is 1.96 bits per heavy atom. The van der Waals surface area contributed by atoms with Crippen LogP contribution in [0.3, 0.4) is 0 Å². The van der Waals surface area contributed by atoms with E-state index in [4.69, 9.17) is 5.73 Å². The van der Waals surface area contributed by atoms with Gasteiger partial charge in [-0.3, -0.25) is 9.59 Å². The van der Waals surface area contributed by atoms with Crippen molar-refractivity contribution >= 4 is 17.9 Å². The molecule has 5 heteroatoms. The van der Waals surface area contributed by atoms with Gasteiger partial charge < -0.3 is 15.2 Å². The van der Waals surface area contributed by atoms with Crippen molar-refractivity contribution in [3.05, 3.63) is 29.1 Å². The van der Waals surface area contributed by atoms with Crippen molar-refractivity contribution in [3.8, 4) is 0 Å². The highest BCUT2D eigenvalue weighted by Gasteiger charge is 2.22. The molecule has 0 bridgehead atoms. The van der Waals surface area contributed by atoms with Gasteiger partial charge in [0.2, 0.25) is 11.8 Å². The van der Waals surface area contributed by atoms with Crippen LogP contribution < -0.4 is 5.73 Å². The first kappa shape index (κ1) is 18.3. The Kier molecular flexibility index (Phi) is 6.23. The average molecular weight is 331 g/mol. The molecule has 2 amide bonds. The Hall–Kier alpha value is -2.04. The summed E-state index contributed by atoms with van der Waals surface area (Å²) in [6.45, 7) is 8.78. The van der Waals surface area contributed by atoms with E-state index in [-0.39, 0.29) is 11.8 Å². The van der Waals surface area contributed by atoms with Gasteiger partial charge in [-0.15, -0.1) is 0 Å². The van der Waals surface area contributed by atoms with Crippen LogP contribution in [0.4, 0.5) is 0 Å². The number of primary amides is 1. The molecule has 0 aliphatic carbocycles. The summed E-state index contributed by atoms with van der Waals surface area (Å²) in [5.41, 5.74) is 8.79. The molecule has 24 heavy (non-hydrogen) atoms. The normalized spacial score (nSPS) is 16.0. The number of carbonyl (C=O) groups excluding carboxylic acids is 2. The summed E-state index contributed by atoms with van der Waals surface area (Å²) in [7, 11) is 0. The number of nitrogens with two attached hydrogens (primary N) is 1. The minimum Gasteiger partial charge on any atom is -0.370 e. The van der Waals surface area contributed by atoms with Gasteiger partial charge in [0.15, 0.2) is 0 Å². The first-order valence-corrected chi connectivity index (χ1v) is 8.84. The van der Waals surface area contributed by atoms with Crippen molar-refractivity contribution in [1.82, 2.24) is 9.47 Å². The largest absolute Gasteiger partial charge is 0.370 e. The quantitative estimate of drug-likeness (QED) is 0.814. The zero-order valence-corrected chi connectivity index (χ0v) is 15.0. The number of likely N-dealkylation sites (tertiary alicyclic amines) is 1. The molecule has 0 spiro atoms. The minimum atomic E-state index is -0.248. The number of nitrogens with zero attached hydrogens (tertiary/aromatic N) is 2. The monoisotopic (exact) mass is 331 g/mol. The predicted octanol–water partition coefficient (Wildman–Crippen LogP) is 2.64. The fraction of sp³-hybridized carbons (Fsp3) is 0.579. The molecule has 0 unspecified atom stereocenters. The first-order chi connectivity index (χ1) is 11.4. The molecule has 1 aromatic heterocycles. The van der Waals surface area contributed by atoms with Crippen LogP contribution in [0.5, 0.6) is 0 Å². The number of aryl methyl sites for hydroxylation is 1. The summed E-state index contributed by atoms with van der Waals surface area (Å²) in [6, 6.07) is 2.13. The van der Waals surface area contributed by atoms with Gasteiger partial charge in [0.05, 0.1) is 0 Å². The third-order valence-electron chi connectivity index (χ3n) is 4.88. The van der Waals surface area contributed by atoms with Gasteiger partial charge in [-0.05, 0) is 56.7 Å². The summed E-state index contributed by atoms with van der Waals surface area (Å²) >= 11 is 0. The van der Waals surface area contributed by atoms with Crippen LogP contribution in [0.1, 0.15) is 49.6 Å². The van der Waals surface area contributed by atoms with Crippen molar-refractivity contribution in [2.75, 3.05) is 13.1 Å². The van der Waals surface area contributed by atoms with Crippen LogP contribution in [0.25, 0.3) is 6.08 Å². The summed E-state index contributed by atoms with van der Waals surface area (Å²) < 4.78 is 2.29. The second-order valence-corrected chi connectivity index (χ2v) is 6.75. The average Bonchev–Trinajstić information content (AvgIpc) is 2.81. The molecule has 1 aromatic rings. The molecule has 5 nitrogen and oxygen atoms in total. The van der Waals surface area contributed by atoms with Gasteiger partial charge in [-0.1, -0.05) is 6.92 Å². The van der Waals surface area contributed by atoms with Crippen molar-refractivity contribution < 1.29 is 9.59 Å². The standard InChI is InChI=1S/C19H29N3O2/c1-4-9-22-14(2)12-17(15(22)3)5-6-19(24)21-10-7-16(8-11-21)13-18(20)23/h5-6,12,16H,4,7-11,13H2,1-3H3,(H2,20,23). The molecular weight excluding hydrogens is 302 g/mol. The Morgan fingerprint density at radius 3 is 2.54 bits per heavy atom. The Morgan fingerprint density at radius 1 is 1.29 bits per heavy atom. The molecule has 2 rings (SSSR count). The van der Waals surface area contributed by atoms with Crippen LogP contribution >= 0.6 is 0 Å². The highest BCUT2D eigenvalue weighted by molar-refractivity contribution is 5.92. The van der Waals surface area contributed by atoms with Gasteiger partial charge in [0, 0.05) is 43.5 Å². The van der Waals surface area contributed by atoms with Crippen LogP contribution in [0, 0.1) is 19.8 Å². The van der Waals surface area contributed by atoms with Gasteiger partial charge in [0.25, 0.3) is 0 Å². The van der Waals surface area contributed by atoms with E-state index in [0.717, 1.165) is 31.4 Å². The Labute approximate surface area is 144 Å². The first-order valence-electron chi connectivity index (χ1n) is 8.84. The second kappa shape index (κ2) is 8.18. The van der Waals surface area contributed by atoms with Crippen LogP contribution in [0.2, 0.25) is 0 Å². The van der Waals surface area contributed by atoms with E-state index in [2.05, 4.69) is 31.4 Å². The molecule has 0 atom stereocenters. The lowest BCUT2D eigenvalue weighted by Gasteiger charge is -2.30. The molecular formula is C19H29N3O2. The van der Waals surface area contributed by atoms with E-state index in [0.29, 0.717) is 25.4 Å². The number of hydrogen-bond acceptors (Lipinski definition) is 2. The lowest BCUT2D eigenvalue weighted by molar-refractivity contribution is -0.127. The minimum absolute atomic E-state index is 0.0489. The molecule has 1 saturated heterocycles. The maximum Gasteiger partial charge on any atom is 0.246 e. The van der Waals surface area contributed by atoms with E-state index in [1.165, 1.54) is 11.4 Å². The van der Waals surface area contributed by atoms with E-state index in [1.54, 1.807) is 6.08 Å². The van der Waals surface area contributed by atoms with Gasteiger partial charge in [-0.25, -0.2) is 0 Å². The summed E-state index contributed by atoms with van der Waals surface area (Å²) in [6.07, 6.45) is 6.83. The van der Waals surface area contributed by atoms with Crippen LogP contribution in [-0.4, -0.2) is 34.4 Å². The van der Waals surface area contributed by atoms with Crippen molar-refractivity contribution in [2.24, 2.45) is 11.7 Å². The molecule has 1 fully saturated rings. The molecule has 2 heterocycles. The molecule has 2 N–H and O–H groups in total. The van der Waals surface area contributed by atoms with Crippen molar-refractivity contribution in [3.63, 3.8) is 0 Å². The molecule has 1 aliphatic heterocycles. The van der Waals surface area contributed by atoms with Crippen molar-refractivity contribution in [2.45, 2.75) is 53.0 Å². The van der Waals surface area contributed by atoms with E-state index in [1.807, 2.05) is 11.0 Å². The number of rotatable bonds is 6. The number of hydrogen-bond donors (Lipinski definition) is 1. The van der Waals surface area contributed by atoms with Crippen molar-refractivity contribution in [1.29, 1.82) is 0 Å². The third-order valence-corrected chi connectivity index (χ3v) is 4.88. The van der Waals surface area contributed by atoms with E-state index in [9.17, 15) is 9.59 Å². The fourth-order valence-electron chi connectivity index (χ4n) is 3.47. The maximum absolute atomic E-state index is 12.4. The van der Waals surface area contributed by atoms with Crippen LogP contribution in [0.15, 0.2) is 12.1 Å². The lowest BCUT2D eigenvalue weighted by Crippen LogP contribution is -2.38. The second-order valence-electron chi connectivity index (χ2n) is 6.75. The molecule has 132 valence electrons. The molecule has 0 radical (unpaired) electrons. The van der Waals surface area contributed by atoms with E-state index < -0.39 is 0 Å². The Bertz CT molecular complexity index is 623. The number of carbonyl (C=O) groups is 2. The topological polar surface area (TPSA) is 68.3 Å². The summed E-state index contributed by atoms with van der Waals surface area (Å²) in [5.74, 6) is 0.124.